The molecule has 2 aromatic carbocycles. The van der Waals surface area contributed by atoms with E-state index in [-0.39, 0.29) is 24.3 Å². The second-order valence-electron chi connectivity index (χ2n) is 6.49. The number of hydrazone groups is 2. The number of carbonyl (C=O) groups is 4. The largest absolute Gasteiger partial charge is 0.320 e. The minimum absolute atomic E-state index is 0.0979. The minimum Gasteiger partial charge on any atom is -0.320 e. The Bertz CT molecular complexity index is 1050. The second kappa shape index (κ2) is 7.95. The van der Waals surface area contributed by atoms with Crippen LogP contribution in [0.2, 0.25) is 0 Å². The molecule has 0 saturated heterocycles. The number of carbonyl (C=O) groups excluding carboxylic acids is 4. The van der Waals surface area contributed by atoms with E-state index in [9.17, 15) is 19.2 Å². The van der Waals surface area contributed by atoms with Gasteiger partial charge in [0.2, 0.25) is 11.8 Å². The number of nitrogens with zero attached hydrogens (tertiary/aromatic N) is 2. The first-order valence-electron chi connectivity index (χ1n) is 9.07. The van der Waals surface area contributed by atoms with Crippen LogP contribution in [0.3, 0.4) is 0 Å². The fourth-order valence-corrected chi connectivity index (χ4v) is 3.00. The summed E-state index contributed by atoms with van der Waals surface area (Å²) in [5, 5.41) is 13.0. The van der Waals surface area contributed by atoms with Crippen LogP contribution in [0.25, 0.3) is 0 Å². The van der Waals surface area contributed by atoms with Crippen molar-refractivity contribution < 1.29 is 19.2 Å². The number of hydrogen-bond donors (Lipinski definition) is 4. The molecule has 0 fully saturated rings. The molecule has 10 heteroatoms. The Morgan fingerprint density at radius 3 is 1.53 bits per heavy atom. The molecule has 0 unspecified atom stereocenters. The zero-order valence-corrected chi connectivity index (χ0v) is 15.6. The lowest BCUT2D eigenvalue weighted by molar-refractivity contribution is -0.126. The van der Waals surface area contributed by atoms with E-state index in [1.54, 1.807) is 48.5 Å². The molecule has 4 N–H and O–H groups in total. The van der Waals surface area contributed by atoms with Gasteiger partial charge in [-0.3, -0.25) is 19.2 Å². The van der Waals surface area contributed by atoms with Crippen LogP contribution in [0, 0.1) is 0 Å². The molecule has 0 aliphatic carbocycles. The molecule has 10 nitrogen and oxygen atoms in total. The van der Waals surface area contributed by atoms with Crippen molar-refractivity contribution in [1.82, 2.24) is 10.9 Å². The molecular formula is C20H16N6O4. The number of para-hydroxylation sites is 2. The van der Waals surface area contributed by atoms with Gasteiger partial charge in [0.05, 0.1) is 11.4 Å². The summed E-state index contributed by atoms with van der Waals surface area (Å²) in [5.74, 6) is -1.90. The highest BCUT2D eigenvalue weighted by Crippen LogP contribution is 2.23. The topological polar surface area (TPSA) is 141 Å². The van der Waals surface area contributed by atoms with Crippen molar-refractivity contribution in [3.8, 4) is 0 Å². The van der Waals surface area contributed by atoms with Gasteiger partial charge in [0.1, 0.15) is 0 Å². The van der Waals surface area contributed by atoms with Crippen LogP contribution in [0.5, 0.6) is 0 Å². The number of hydrogen-bond acceptors (Lipinski definition) is 6. The minimum atomic E-state index is -0.536. The van der Waals surface area contributed by atoms with Crippen LogP contribution < -0.4 is 21.5 Å². The van der Waals surface area contributed by atoms with Crippen LogP contribution in [0.1, 0.15) is 24.0 Å². The van der Waals surface area contributed by atoms with Crippen LogP contribution in [-0.4, -0.2) is 35.1 Å². The number of fused-ring (bicyclic) bond motifs is 2. The third-order valence-electron chi connectivity index (χ3n) is 4.45. The molecule has 0 bridgehead atoms. The highest BCUT2D eigenvalue weighted by Gasteiger charge is 2.26. The highest BCUT2D eigenvalue weighted by atomic mass is 16.2. The lowest BCUT2D eigenvalue weighted by atomic mass is 10.1. The van der Waals surface area contributed by atoms with Gasteiger partial charge >= 0.3 is 0 Å². The van der Waals surface area contributed by atoms with Gasteiger partial charge in [-0.15, -0.1) is 0 Å². The van der Waals surface area contributed by atoms with Crippen LogP contribution in [0.15, 0.2) is 58.7 Å². The zero-order chi connectivity index (χ0) is 21.1. The summed E-state index contributed by atoms with van der Waals surface area (Å²) in [6, 6.07) is 13.9. The van der Waals surface area contributed by atoms with Gasteiger partial charge in [-0.2, -0.15) is 10.2 Å². The Morgan fingerprint density at radius 2 is 1.10 bits per heavy atom. The molecule has 4 rings (SSSR count). The summed E-state index contributed by atoms with van der Waals surface area (Å²) in [6.07, 6.45) is -0.334. The van der Waals surface area contributed by atoms with Gasteiger partial charge in [0.25, 0.3) is 11.8 Å². The van der Waals surface area contributed by atoms with Crippen molar-refractivity contribution in [2.75, 3.05) is 10.6 Å². The normalized spacial score (nSPS) is 16.7. The summed E-state index contributed by atoms with van der Waals surface area (Å²) in [4.78, 5) is 47.8. The summed E-state index contributed by atoms with van der Waals surface area (Å²) in [5.41, 5.74) is 7.16. The molecule has 30 heavy (non-hydrogen) atoms. The molecule has 0 atom stereocenters. The van der Waals surface area contributed by atoms with Crippen molar-refractivity contribution in [2.24, 2.45) is 10.2 Å². The molecule has 2 aliphatic rings. The second-order valence-corrected chi connectivity index (χ2v) is 6.49. The third kappa shape index (κ3) is 3.78. The van der Waals surface area contributed by atoms with Crippen molar-refractivity contribution in [2.45, 2.75) is 12.8 Å². The van der Waals surface area contributed by atoms with E-state index in [0.717, 1.165) is 0 Å². The van der Waals surface area contributed by atoms with E-state index in [2.05, 4.69) is 31.7 Å². The lowest BCUT2D eigenvalue weighted by Gasteiger charge is -2.02. The molecule has 2 heterocycles. The van der Waals surface area contributed by atoms with Crippen molar-refractivity contribution in [1.29, 1.82) is 0 Å². The predicted molar refractivity (Wildman–Crippen MR) is 109 cm³/mol. The smallest absolute Gasteiger partial charge is 0.276 e. The summed E-state index contributed by atoms with van der Waals surface area (Å²) in [7, 11) is 0. The van der Waals surface area contributed by atoms with E-state index in [1.807, 2.05) is 0 Å². The molecule has 0 radical (unpaired) electrons. The maximum Gasteiger partial charge on any atom is 0.276 e. The van der Waals surface area contributed by atoms with Gasteiger partial charge in [0.15, 0.2) is 11.4 Å². The zero-order valence-electron chi connectivity index (χ0n) is 15.6. The highest BCUT2D eigenvalue weighted by molar-refractivity contribution is 6.54. The van der Waals surface area contributed by atoms with Crippen molar-refractivity contribution in [3.05, 3.63) is 59.7 Å². The van der Waals surface area contributed by atoms with Gasteiger partial charge in [-0.05, 0) is 12.1 Å². The van der Waals surface area contributed by atoms with Gasteiger partial charge in [0, 0.05) is 24.0 Å². The van der Waals surface area contributed by atoms with E-state index in [1.165, 1.54) is 0 Å². The summed E-state index contributed by atoms with van der Waals surface area (Å²) < 4.78 is 0. The number of nitrogens with one attached hydrogen (secondary N) is 4. The Labute approximate surface area is 170 Å². The first kappa shape index (κ1) is 19.0. The third-order valence-corrected chi connectivity index (χ3v) is 4.45. The Kier molecular flexibility index (Phi) is 5.04. The first-order valence-corrected chi connectivity index (χ1v) is 9.07. The molecule has 0 spiro atoms. The van der Waals surface area contributed by atoms with Crippen molar-refractivity contribution >= 4 is 46.4 Å². The fourth-order valence-electron chi connectivity index (χ4n) is 3.00. The summed E-state index contributed by atoms with van der Waals surface area (Å²) in [6.45, 7) is 0. The number of rotatable bonds is 5. The first-order chi connectivity index (χ1) is 14.5. The standard InChI is InChI=1S/C20H16N6O4/c27-15(23-25-17-11-5-1-3-7-13(11)21-19(17)29)9-10-16(28)24-26-18-12-6-2-4-8-14(12)22-20(18)30/h1-8H,9-10H2,(H,23,27)(H,24,28)(H,21,25,29)(H,22,26,30). The van der Waals surface area contributed by atoms with E-state index < -0.39 is 23.6 Å². The van der Waals surface area contributed by atoms with Crippen LogP contribution >= 0.6 is 0 Å². The fraction of sp³-hybridized carbons (Fsp3) is 0.100. The molecule has 0 aromatic heterocycles. The predicted octanol–water partition coefficient (Wildman–Crippen LogP) is 0.712. The Balaban J connectivity index is 1.30. The van der Waals surface area contributed by atoms with E-state index >= 15 is 0 Å². The monoisotopic (exact) mass is 404 g/mol. The van der Waals surface area contributed by atoms with Crippen molar-refractivity contribution in [3.63, 3.8) is 0 Å². The Hall–Kier alpha value is -4.34. The Morgan fingerprint density at radius 1 is 0.700 bits per heavy atom. The molecule has 2 aromatic rings. The van der Waals surface area contributed by atoms with Gasteiger partial charge in [-0.25, -0.2) is 10.9 Å². The lowest BCUT2D eigenvalue weighted by Crippen LogP contribution is -2.26. The average molecular weight is 404 g/mol. The van der Waals surface area contributed by atoms with Crippen LogP contribution in [0.4, 0.5) is 11.4 Å². The quantitative estimate of drug-likeness (QED) is 0.545. The molecule has 4 amide bonds. The molecule has 0 saturated carbocycles. The SMILES string of the molecule is O=C(CCC(=O)N/N=C1/C(=O)Nc2ccccc21)N/N=C1/C(=O)Nc2ccccc21. The number of anilines is 2. The van der Waals surface area contributed by atoms with E-state index in [0.29, 0.717) is 22.5 Å². The maximum absolute atomic E-state index is 12.0. The van der Waals surface area contributed by atoms with Gasteiger partial charge < -0.3 is 10.6 Å². The van der Waals surface area contributed by atoms with Gasteiger partial charge in [-0.1, -0.05) is 36.4 Å². The maximum atomic E-state index is 12.0. The number of amides is 4. The van der Waals surface area contributed by atoms with Crippen LogP contribution in [-0.2, 0) is 19.2 Å². The number of benzene rings is 2. The van der Waals surface area contributed by atoms with E-state index in [4.69, 9.17) is 0 Å². The molecule has 2 aliphatic heterocycles. The molecular weight excluding hydrogens is 388 g/mol. The molecule has 150 valence electrons. The average Bonchev–Trinajstić information content (AvgIpc) is 3.24. The summed E-state index contributed by atoms with van der Waals surface area (Å²) >= 11 is 0.